The molecule has 0 fully saturated rings. The van der Waals surface area contributed by atoms with Crippen molar-refractivity contribution < 1.29 is 14.4 Å². The molecular formula is C14H19ClO3. The molecule has 18 heavy (non-hydrogen) atoms. The molecule has 0 aliphatic carbocycles. The Balaban J connectivity index is -0.000000196. The molecule has 0 aliphatic heterocycles. The Morgan fingerprint density at radius 2 is 1.33 bits per heavy atom. The van der Waals surface area contributed by atoms with Crippen LogP contribution in [0, 0.1) is 24.7 Å². The van der Waals surface area contributed by atoms with E-state index in [0.717, 1.165) is 0 Å². The van der Waals surface area contributed by atoms with Gasteiger partial charge in [-0.2, -0.15) is 0 Å². The quantitative estimate of drug-likeness (QED) is 0.448. The summed E-state index contributed by atoms with van der Waals surface area (Å²) in [7, 11) is 0. The van der Waals surface area contributed by atoms with E-state index in [1.54, 1.807) is 0 Å². The lowest BCUT2D eigenvalue weighted by Crippen LogP contribution is -1.97. The molecule has 0 spiro atoms. The zero-order chi connectivity index (χ0) is 15.0. The Labute approximate surface area is 114 Å². The van der Waals surface area contributed by atoms with E-state index in [2.05, 4.69) is 18.3 Å². The average Bonchev–Trinajstić information content (AvgIpc) is 2.25. The van der Waals surface area contributed by atoms with E-state index in [1.807, 2.05) is 0 Å². The number of terminal acetylenes is 2. The summed E-state index contributed by atoms with van der Waals surface area (Å²) in [5.41, 5.74) is 0. The third kappa shape index (κ3) is 47.2. The Hall–Kier alpha value is -1.58. The summed E-state index contributed by atoms with van der Waals surface area (Å²) in [6.45, 7) is 4.35. The van der Waals surface area contributed by atoms with Crippen molar-refractivity contribution in [2.45, 2.75) is 40.0 Å². The maximum Gasteiger partial charge on any atom is 0.137 e. The van der Waals surface area contributed by atoms with Gasteiger partial charge < -0.3 is 0 Å². The van der Waals surface area contributed by atoms with Crippen LogP contribution in [0.5, 0.6) is 0 Å². The van der Waals surface area contributed by atoms with Gasteiger partial charge in [-0.25, -0.2) is 0 Å². The highest BCUT2D eigenvalue weighted by atomic mass is 35.5. The first-order chi connectivity index (χ1) is 8.31. The molecule has 0 bridgehead atoms. The van der Waals surface area contributed by atoms with E-state index < -0.39 is 0 Å². The Bertz CT molecular complexity index is 320. The minimum atomic E-state index is -0.0625. The third-order valence-electron chi connectivity index (χ3n) is 1.20. The maximum absolute atomic E-state index is 10.1. The Kier molecular flexibility index (Phi) is 21.4. The SMILES string of the molecule is C#CCCC(C)=O.C#CCCl.CC(=O)CC(C)=O. The van der Waals surface area contributed by atoms with Crippen LogP contribution in [0.1, 0.15) is 40.0 Å². The number of halogens is 1. The van der Waals surface area contributed by atoms with Crippen LogP contribution in [0.3, 0.4) is 0 Å². The average molecular weight is 271 g/mol. The van der Waals surface area contributed by atoms with Crippen LogP contribution in [0.15, 0.2) is 0 Å². The first-order valence-corrected chi connectivity index (χ1v) is 5.76. The predicted octanol–water partition coefficient (Wildman–Crippen LogP) is 2.40. The zero-order valence-corrected chi connectivity index (χ0v) is 11.8. The van der Waals surface area contributed by atoms with Gasteiger partial charge in [0.2, 0.25) is 0 Å². The number of carbonyl (C=O) groups is 3. The molecule has 0 unspecified atom stereocenters. The summed E-state index contributed by atoms with van der Waals surface area (Å²) < 4.78 is 0. The first kappa shape index (κ1) is 21.7. The second-order valence-electron chi connectivity index (χ2n) is 3.32. The van der Waals surface area contributed by atoms with Gasteiger partial charge in [0.25, 0.3) is 0 Å². The monoisotopic (exact) mass is 270 g/mol. The normalized spacial score (nSPS) is 7.22. The van der Waals surface area contributed by atoms with Crippen LogP contribution in [-0.2, 0) is 14.4 Å². The molecule has 0 heterocycles. The van der Waals surface area contributed by atoms with Crippen LogP contribution in [-0.4, -0.2) is 23.2 Å². The van der Waals surface area contributed by atoms with Crippen molar-refractivity contribution in [1.29, 1.82) is 0 Å². The largest absolute Gasteiger partial charge is 0.300 e. The van der Waals surface area contributed by atoms with E-state index in [4.69, 9.17) is 18.0 Å². The summed E-state index contributed by atoms with van der Waals surface area (Å²) in [6, 6.07) is 0. The molecule has 0 aliphatic rings. The van der Waals surface area contributed by atoms with Crippen molar-refractivity contribution in [3.8, 4) is 24.7 Å². The van der Waals surface area contributed by atoms with Crippen LogP contribution in [0.25, 0.3) is 0 Å². The van der Waals surface area contributed by atoms with E-state index >= 15 is 0 Å². The van der Waals surface area contributed by atoms with E-state index in [0.29, 0.717) is 18.7 Å². The third-order valence-corrected chi connectivity index (χ3v) is 1.35. The fraction of sp³-hybridized carbons (Fsp3) is 0.500. The van der Waals surface area contributed by atoms with Gasteiger partial charge in [-0.15, -0.1) is 30.4 Å². The summed E-state index contributed by atoms with van der Waals surface area (Å²) in [5, 5.41) is 0. The highest BCUT2D eigenvalue weighted by molar-refractivity contribution is 6.19. The van der Waals surface area contributed by atoms with Crippen molar-refractivity contribution in [1.82, 2.24) is 0 Å². The lowest BCUT2D eigenvalue weighted by molar-refractivity contribution is -0.124. The fourth-order valence-electron chi connectivity index (χ4n) is 0.599. The van der Waals surface area contributed by atoms with Crippen molar-refractivity contribution >= 4 is 29.0 Å². The van der Waals surface area contributed by atoms with Gasteiger partial charge in [-0.3, -0.25) is 14.4 Å². The molecule has 0 rings (SSSR count). The van der Waals surface area contributed by atoms with E-state index in [9.17, 15) is 14.4 Å². The van der Waals surface area contributed by atoms with Gasteiger partial charge in [0.15, 0.2) is 0 Å². The minimum absolute atomic E-state index is 0.0625. The van der Waals surface area contributed by atoms with Gasteiger partial charge in [0.1, 0.15) is 17.3 Å². The van der Waals surface area contributed by atoms with Crippen LogP contribution < -0.4 is 0 Å². The Morgan fingerprint density at radius 3 is 1.39 bits per heavy atom. The first-order valence-electron chi connectivity index (χ1n) is 5.22. The molecule has 100 valence electrons. The van der Waals surface area contributed by atoms with Gasteiger partial charge in [-0.05, 0) is 20.8 Å². The summed E-state index contributed by atoms with van der Waals surface area (Å²) >= 11 is 4.95. The molecule has 4 heteroatoms. The standard InChI is InChI=1S/C6H8O.C5H8O2.C3H3Cl/c1-3-4-5-6(2)7;1-4(6)3-5(2)7;1-2-3-4/h1H,4-5H2,2H3;3H2,1-2H3;1H,3H2. The number of Topliss-reactive ketones (excluding diaryl/α,β-unsaturated/α-hetero) is 3. The highest BCUT2D eigenvalue weighted by Gasteiger charge is 1.94. The summed E-state index contributed by atoms with van der Waals surface area (Å²) in [6.07, 6.45) is 10.7. The minimum Gasteiger partial charge on any atom is -0.300 e. The van der Waals surface area contributed by atoms with Crippen molar-refractivity contribution in [3.63, 3.8) is 0 Å². The molecule has 0 atom stereocenters. The van der Waals surface area contributed by atoms with Crippen LogP contribution >= 0.6 is 11.6 Å². The molecule has 0 aromatic rings. The topological polar surface area (TPSA) is 51.2 Å². The molecule has 0 saturated carbocycles. The summed E-state index contributed by atoms with van der Waals surface area (Å²) in [5.74, 6) is 4.93. The second kappa shape index (κ2) is 17.8. The van der Waals surface area contributed by atoms with Crippen molar-refractivity contribution in [2.75, 3.05) is 5.88 Å². The maximum atomic E-state index is 10.1. The van der Waals surface area contributed by atoms with Crippen LogP contribution in [0.4, 0.5) is 0 Å². The van der Waals surface area contributed by atoms with Gasteiger partial charge in [0.05, 0.1) is 12.3 Å². The summed E-state index contributed by atoms with van der Waals surface area (Å²) in [4.78, 5) is 30.2. The van der Waals surface area contributed by atoms with Crippen molar-refractivity contribution in [3.05, 3.63) is 0 Å². The van der Waals surface area contributed by atoms with Crippen LogP contribution in [0.2, 0.25) is 0 Å². The zero-order valence-electron chi connectivity index (χ0n) is 11.1. The van der Waals surface area contributed by atoms with E-state index in [1.165, 1.54) is 20.8 Å². The molecular weight excluding hydrogens is 252 g/mol. The molecule has 0 N–H and O–H groups in total. The van der Waals surface area contributed by atoms with Gasteiger partial charge >= 0.3 is 0 Å². The fourth-order valence-corrected chi connectivity index (χ4v) is 0.599. The molecule has 0 aromatic carbocycles. The second-order valence-corrected chi connectivity index (χ2v) is 3.59. The Morgan fingerprint density at radius 1 is 0.944 bits per heavy atom. The van der Waals surface area contributed by atoms with Crippen molar-refractivity contribution in [2.24, 2.45) is 0 Å². The molecule has 0 amide bonds. The lowest BCUT2D eigenvalue weighted by atomic mass is 10.2. The number of ketones is 3. The number of alkyl halides is 1. The highest BCUT2D eigenvalue weighted by Crippen LogP contribution is 1.84. The van der Waals surface area contributed by atoms with E-state index in [-0.39, 0.29) is 23.8 Å². The molecule has 3 nitrogen and oxygen atoms in total. The predicted molar refractivity (Wildman–Crippen MR) is 74.3 cm³/mol. The van der Waals surface area contributed by atoms with Gasteiger partial charge in [-0.1, -0.05) is 5.92 Å². The molecule has 0 saturated heterocycles. The number of carbonyl (C=O) groups excluding carboxylic acids is 3. The number of hydrogen-bond acceptors (Lipinski definition) is 3. The lowest BCUT2D eigenvalue weighted by Gasteiger charge is -1.81. The molecule has 0 radical (unpaired) electrons. The number of rotatable bonds is 4. The smallest absolute Gasteiger partial charge is 0.137 e. The number of hydrogen-bond donors (Lipinski definition) is 0. The van der Waals surface area contributed by atoms with Gasteiger partial charge in [0, 0.05) is 12.8 Å². The molecule has 0 aromatic heterocycles.